The number of rotatable bonds is 5. The monoisotopic (exact) mass is 731 g/mol. The summed E-state index contributed by atoms with van der Waals surface area (Å²) in [6.45, 7) is 5.51. The average Bonchev–Trinajstić information content (AvgIpc) is 3.19. The van der Waals surface area contributed by atoms with Crippen molar-refractivity contribution in [3.63, 3.8) is 0 Å². The van der Waals surface area contributed by atoms with Gasteiger partial charge in [-0.05, 0) is 79.7 Å². The second kappa shape index (κ2) is 16.0. The van der Waals surface area contributed by atoms with E-state index in [9.17, 15) is 9.59 Å². The molecule has 0 fully saturated rings. The second-order valence-electron chi connectivity index (χ2n) is 13.7. The van der Waals surface area contributed by atoms with E-state index >= 15 is 0 Å². The summed E-state index contributed by atoms with van der Waals surface area (Å²) in [6, 6.07) is 31.0. The molecule has 55 heavy (non-hydrogen) atoms. The summed E-state index contributed by atoms with van der Waals surface area (Å²) >= 11 is 0. The number of hydrogen-bond acceptors (Lipinski definition) is 11. The van der Waals surface area contributed by atoms with Crippen molar-refractivity contribution in [2.75, 3.05) is 19.6 Å². The molecule has 0 aliphatic carbocycles. The average molecular weight is 732 g/mol. The quantitative estimate of drug-likeness (QED) is 0.228. The van der Waals surface area contributed by atoms with Crippen LogP contribution in [-0.2, 0) is 39.3 Å². The van der Waals surface area contributed by atoms with Crippen LogP contribution in [0.5, 0.6) is 0 Å². The molecule has 2 amide bonds. The number of nitrogens with zero attached hydrogens (tertiary/aromatic N) is 8. The molecule has 9 rings (SSSR count). The molecule has 6 aromatic rings. The molecule has 6 aromatic heterocycles. The van der Waals surface area contributed by atoms with Crippen molar-refractivity contribution < 1.29 is 9.59 Å². The van der Waals surface area contributed by atoms with Crippen LogP contribution in [0.1, 0.15) is 61.8 Å². The van der Waals surface area contributed by atoms with Crippen molar-refractivity contribution >= 4 is 11.8 Å². The van der Waals surface area contributed by atoms with Gasteiger partial charge in [-0.1, -0.05) is 24.3 Å². The highest BCUT2D eigenvalue weighted by Gasteiger charge is 2.21. The molecule has 0 spiro atoms. The zero-order valence-corrected chi connectivity index (χ0v) is 30.6. The largest absolute Gasteiger partial charge is 0.352 e. The first kappa shape index (κ1) is 35.7. The predicted molar refractivity (Wildman–Crippen MR) is 208 cm³/mol. The predicted octanol–water partition coefficient (Wildman–Crippen LogP) is 4.53. The van der Waals surface area contributed by atoms with E-state index in [1.807, 2.05) is 85.8 Å². The van der Waals surface area contributed by atoms with Gasteiger partial charge in [-0.3, -0.25) is 19.4 Å². The minimum atomic E-state index is -0.275. The van der Waals surface area contributed by atoms with Crippen LogP contribution in [0.4, 0.5) is 0 Å². The molecule has 4 N–H and O–H groups in total. The molecule has 13 heteroatoms. The maximum Gasteiger partial charge on any atom is 0.251 e. The molecule has 276 valence electrons. The fraction of sp³-hybridized carbons (Fsp3) is 0.238. The van der Waals surface area contributed by atoms with Gasteiger partial charge in [0.15, 0.2) is 0 Å². The molecule has 9 heterocycles. The summed E-state index contributed by atoms with van der Waals surface area (Å²) in [4.78, 5) is 62.0. The Hall–Kier alpha value is -6.28. The van der Waals surface area contributed by atoms with Gasteiger partial charge in [-0.25, -0.2) is 29.9 Å². The number of hydrogen-bond donors (Lipinski definition) is 3. The van der Waals surface area contributed by atoms with Gasteiger partial charge in [0.2, 0.25) is 0 Å². The molecule has 0 saturated carbocycles. The van der Waals surface area contributed by atoms with Crippen molar-refractivity contribution in [1.82, 2.24) is 50.3 Å². The highest BCUT2D eigenvalue weighted by atomic mass is 16.2. The van der Waals surface area contributed by atoms with Gasteiger partial charge in [0.05, 0.1) is 68.3 Å². The van der Waals surface area contributed by atoms with E-state index < -0.39 is 0 Å². The van der Waals surface area contributed by atoms with Crippen LogP contribution in [0.2, 0.25) is 0 Å². The van der Waals surface area contributed by atoms with E-state index in [0.29, 0.717) is 92.8 Å². The standard InChI is InChI=1S/C42H41N11O2/c1-2-44-41(54)27-17-33-25-52-21-29-7-3-11-35(46-29)37-13-5-9-31(48-37)23-53(24-32-10-6-14-38(49-32)36-12-4-8-30(22-52)47-36)26-34-18-28(42(55)45-16-15-43)20-40(51-34)39(19-27)50-33/h3-14,17-20H,2,15-16,21-26,43H2,1H3,(H,44,54)(H,45,55). The van der Waals surface area contributed by atoms with Crippen LogP contribution in [0, 0.1) is 0 Å². The molecular formula is C42H41N11O2. The molecule has 0 unspecified atom stereocenters. The fourth-order valence-corrected chi connectivity index (χ4v) is 6.96. The number of carbonyl (C=O) groups excluding carboxylic acids is 2. The molecule has 0 radical (unpaired) electrons. The number of pyridine rings is 6. The third kappa shape index (κ3) is 8.44. The summed E-state index contributed by atoms with van der Waals surface area (Å²) in [6.07, 6.45) is 0. The van der Waals surface area contributed by atoms with E-state index in [0.717, 1.165) is 45.6 Å². The maximum absolute atomic E-state index is 13.5. The normalized spacial score (nSPS) is 16.1. The Bertz CT molecular complexity index is 2290. The van der Waals surface area contributed by atoms with Crippen LogP contribution < -0.4 is 16.4 Å². The molecule has 13 nitrogen and oxygen atoms in total. The third-order valence-corrected chi connectivity index (χ3v) is 9.38. The molecule has 0 aromatic carbocycles. The SMILES string of the molecule is CCNC(=O)c1cc2nc(c1)-c1cc(C(=O)NCCN)cc(n1)CN1Cc3cccc(n3)-c3cccc(n3)CN(Cc3cccc(n3)-c3cccc(n3)C1)C2. The van der Waals surface area contributed by atoms with Gasteiger partial charge in [0.1, 0.15) is 0 Å². The Morgan fingerprint density at radius 2 is 0.855 bits per heavy atom. The third-order valence-electron chi connectivity index (χ3n) is 9.38. The first-order valence-electron chi connectivity index (χ1n) is 18.5. The van der Waals surface area contributed by atoms with Crippen LogP contribution in [0.3, 0.4) is 0 Å². The maximum atomic E-state index is 13.5. The van der Waals surface area contributed by atoms with E-state index in [-0.39, 0.29) is 11.8 Å². The Labute approximate surface area is 319 Å². The highest BCUT2D eigenvalue weighted by molar-refractivity contribution is 5.96. The van der Waals surface area contributed by atoms with Gasteiger partial charge in [0, 0.05) is 70.0 Å². The molecule has 3 aliphatic rings. The Morgan fingerprint density at radius 3 is 1.22 bits per heavy atom. The topological polar surface area (TPSA) is 168 Å². The highest BCUT2D eigenvalue weighted by Crippen LogP contribution is 2.26. The van der Waals surface area contributed by atoms with Crippen molar-refractivity contribution in [3.8, 4) is 34.2 Å². The summed E-state index contributed by atoms with van der Waals surface area (Å²) in [7, 11) is 0. The lowest BCUT2D eigenvalue weighted by atomic mass is 10.1. The van der Waals surface area contributed by atoms with Crippen molar-refractivity contribution in [2.45, 2.75) is 46.2 Å². The van der Waals surface area contributed by atoms with Crippen LogP contribution in [-0.4, -0.2) is 71.2 Å². The van der Waals surface area contributed by atoms with Crippen molar-refractivity contribution in [1.29, 1.82) is 0 Å². The summed E-state index contributed by atoms with van der Waals surface area (Å²) in [5.74, 6) is -0.499. The van der Waals surface area contributed by atoms with Gasteiger partial charge in [-0.15, -0.1) is 0 Å². The lowest BCUT2D eigenvalue weighted by molar-refractivity contribution is 0.0946. The number of amides is 2. The summed E-state index contributed by atoms with van der Waals surface area (Å²) in [5.41, 5.74) is 15.3. The zero-order chi connectivity index (χ0) is 37.7. The van der Waals surface area contributed by atoms with Crippen molar-refractivity contribution in [2.24, 2.45) is 5.73 Å². The number of aromatic nitrogens is 6. The van der Waals surface area contributed by atoms with E-state index in [1.165, 1.54) is 0 Å². The first-order chi connectivity index (χ1) is 26.9. The Morgan fingerprint density at radius 1 is 0.509 bits per heavy atom. The molecule has 14 bridgehead atoms. The van der Waals surface area contributed by atoms with Crippen molar-refractivity contribution in [3.05, 3.63) is 142 Å². The number of carbonyl (C=O) groups is 2. The molecular weight excluding hydrogens is 691 g/mol. The molecule has 0 saturated heterocycles. The first-order valence-corrected chi connectivity index (χ1v) is 18.5. The van der Waals surface area contributed by atoms with Crippen LogP contribution in [0.15, 0.2) is 97.1 Å². The van der Waals surface area contributed by atoms with Gasteiger partial charge >= 0.3 is 0 Å². The van der Waals surface area contributed by atoms with Gasteiger partial charge in [0.25, 0.3) is 11.8 Å². The van der Waals surface area contributed by atoms with Gasteiger partial charge < -0.3 is 16.4 Å². The molecule has 3 aliphatic heterocycles. The summed E-state index contributed by atoms with van der Waals surface area (Å²) in [5, 5.41) is 5.84. The Balaban J connectivity index is 1.37. The lowest BCUT2D eigenvalue weighted by Gasteiger charge is -2.24. The lowest BCUT2D eigenvalue weighted by Crippen LogP contribution is -2.29. The minimum Gasteiger partial charge on any atom is -0.352 e. The summed E-state index contributed by atoms with van der Waals surface area (Å²) < 4.78 is 0. The smallest absolute Gasteiger partial charge is 0.251 e. The number of nitrogens with two attached hydrogens (primary N) is 1. The van der Waals surface area contributed by atoms with Crippen LogP contribution in [0.25, 0.3) is 34.2 Å². The second-order valence-corrected chi connectivity index (χ2v) is 13.7. The zero-order valence-electron chi connectivity index (χ0n) is 30.6. The Kier molecular flexibility index (Phi) is 10.4. The van der Waals surface area contributed by atoms with E-state index in [1.54, 1.807) is 18.2 Å². The van der Waals surface area contributed by atoms with E-state index in [2.05, 4.69) is 20.4 Å². The minimum absolute atomic E-state index is 0.225. The fourth-order valence-electron chi connectivity index (χ4n) is 6.96. The van der Waals surface area contributed by atoms with Gasteiger partial charge in [-0.2, -0.15) is 0 Å². The molecule has 0 atom stereocenters. The van der Waals surface area contributed by atoms with E-state index in [4.69, 9.17) is 35.6 Å². The van der Waals surface area contributed by atoms with Crippen LogP contribution >= 0.6 is 0 Å². The number of nitrogens with one attached hydrogen (secondary N) is 2.